The average Bonchev–Trinajstić information content (AvgIpc) is 2.86. The van der Waals surface area contributed by atoms with Crippen molar-refractivity contribution >= 4 is 12.0 Å². The Kier molecular flexibility index (Phi) is 5.00. The number of hydrogen-bond donors (Lipinski definition) is 2. The lowest BCUT2D eigenvalue weighted by Crippen LogP contribution is -2.43. The Morgan fingerprint density at radius 1 is 1.20 bits per heavy atom. The molecule has 0 saturated carbocycles. The summed E-state index contributed by atoms with van der Waals surface area (Å²) in [6.45, 7) is 2.12. The zero-order chi connectivity index (χ0) is 17.8. The van der Waals surface area contributed by atoms with E-state index in [0.717, 1.165) is 5.56 Å². The third-order valence-corrected chi connectivity index (χ3v) is 4.07. The molecular formula is C19H20N2O4. The van der Waals surface area contributed by atoms with E-state index in [2.05, 4.69) is 5.32 Å². The second-order valence-corrected chi connectivity index (χ2v) is 6.03. The molecule has 0 bridgehead atoms. The van der Waals surface area contributed by atoms with Crippen LogP contribution in [0, 0.1) is 0 Å². The highest BCUT2D eigenvalue weighted by molar-refractivity contribution is 5.98. The zero-order valence-corrected chi connectivity index (χ0v) is 13.9. The van der Waals surface area contributed by atoms with Gasteiger partial charge in [-0.3, -0.25) is 4.79 Å². The van der Waals surface area contributed by atoms with Crippen LogP contribution in [-0.4, -0.2) is 34.6 Å². The van der Waals surface area contributed by atoms with Crippen LogP contribution in [-0.2, 0) is 11.3 Å². The Morgan fingerprint density at radius 3 is 2.60 bits per heavy atom. The molecule has 2 amide bonds. The van der Waals surface area contributed by atoms with E-state index in [1.165, 1.54) is 4.90 Å². The smallest absolute Gasteiger partial charge is 0.407 e. The molecule has 1 unspecified atom stereocenters. The van der Waals surface area contributed by atoms with Gasteiger partial charge in [0.25, 0.3) is 5.91 Å². The van der Waals surface area contributed by atoms with E-state index < -0.39 is 12.3 Å². The van der Waals surface area contributed by atoms with E-state index in [9.17, 15) is 14.7 Å². The minimum absolute atomic E-state index is 0.177. The number of carbonyl (C=O) groups is 2. The molecule has 1 aliphatic rings. The number of rotatable bonds is 5. The molecule has 0 aliphatic carbocycles. The summed E-state index contributed by atoms with van der Waals surface area (Å²) in [5.74, 6) is -0.241. The lowest BCUT2D eigenvalue weighted by atomic mass is 10.1. The number of nitrogens with zero attached hydrogens (tertiary/aromatic N) is 1. The Bertz CT molecular complexity index is 763. The van der Waals surface area contributed by atoms with Crippen molar-refractivity contribution in [3.63, 3.8) is 0 Å². The number of carbonyl (C=O) groups excluding carboxylic acids is 2. The van der Waals surface area contributed by atoms with E-state index in [0.29, 0.717) is 11.1 Å². The van der Waals surface area contributed by atoms with Crippen molar-refractivity contribution in [1.29, 1.82) is 0 Å². The highest BCUT2D eigenvalue weighted by Gasteiger charge is 2.35. The van der Waals surface area contributed by atoms with Gasteiger partial charge in [-0.15, -0.1) is 0 Å². The SMILES string of the molecule is C[C@H](CN1C(=O)c2ccccc2C1O)NC(=O)OCc1ccccc1. The van der Waals surface area contributed by atoms with Crippen molar-refractivity contribution in [2.45, 2.75) is 25.8 Å². The van der Waals surface area contributed by atoms with Gasteiger partial charge in [0.15, 0.2) is 6.23 Å². The van der Waals surface area contributed by atoms with Gasteiger partial charge in [0.2, 0.25) is 0 Å². The predicted octanol–water partition coefficient (Wildman–Crippen LogP) is 2.45. The van der Waals surface area contributed by atoms with Gasteiger partial charge in [0.05, 0.1) is 0 Å². The van der Waals surface area contributed by atoms with Gasteiger partial charge in [0.1, 0.15) is 6.61 Å². The van der Waals surface area contributed by atoms with Gasteiger partial charge >= 0.3 is 6.09 Å². The third kappa shape index (κ3) is 3.80. The molecule has 1 heterocycles. The van der Waals surface area contributed by atoms with Crippen LogP contribution in [0.4, 0.5) is 4.79 Å². The Hall–Kier alpha value is -2.86. The summed E-state index contributed by atoms with van der Waals surface area (Å²) >= 11 is 0. The van der Waals surface area contributed by atoms with E-state index in [-0.39, 0.29) is 25.1 Å². The first-order valence-electron chi connectivity index (χ1n) is 8.11. The molecule has 0 saturated heterocycles. The van der Waals surface area contributed by atoms with Crippen molar-refractivity contribution in [2.75, 3.05) is 6.54 Å². The van der Waals surface area contributed by atoms with Crippen molar-refractivity contribution in [3.05, 3.63) is 71.3 Å². The molecule has 2 atom stereocenters. The minimum atomic E-state index is -0.992. The maximum absolute atomic E-state index is 12.4. The van der Waals surface area contributed by atoms with Crippen molar-refractivity contribution in [3.8, 4) is 0 Å². The summed E-state index contributed by atoms with van der Waals surface area (Å²) in [6, 6.07) is 16.0. The van der Waals surface area contributed by atoms with Gasteiger partial charge in [0, 0.05) is 23.7 Å². The monoisotopic (exact) mass is 340 g/mol. The number of ether oxygens (including phenoxy) is 1. The number of aliphatic hydroxyl groups excluding tert-OH is 1. The molecule has 2 aromatic carbocycles. The molecule has 3 rings (SSSR count). The lowest BCUT2D eigenvalue weighted by molar-refractivity contribution is 0.0139. The summed E-state index contributed by atoms with van der Waals surface area (Å²) in [5.41, 5.74) is 1.98. The second kappa shape index (κ2) is 7.36. The van der Waals surface area contributed by atoms with Crippen LogP contribution in [0.1, 0.15) is 34.6 Å². The van der Waals surface area contributed by atoms with E-state index in [1.807, 2.05) is 30.3 Å². The van der Waals surface area contributed by atoms with Gasteiger partial charge < -0.3 is 20.1 Å². The fraction of sp³-hybridized carbons (Fsp3) is 0.263. The number of aliphatic hydroxyl groups is 1. The molecule has 0 aromatic heterocycles. The van der Waals surface area contributed by atoms with Crippen molar-refractivity contribution < 1.29 is 19.4 Å². The molecule has 6 heteroatoms. The summed E-state index contributed by atoms with van der Waals surface area (Å²) < 4.78 is 5.16. The molecule has 1 aliphatic heterocycles. The van der Waals surface area contributed by atoms with Crippen LogP contribution < -0.4 is 5.32 Å². The third-order valence-electron chi connectivity index (χ3n) is 4.07. The predicted molar refractivity (Wildman–Crippen MR) is 91.7 cm³/mol. The number of fused-ring (bicyclic) bond motifs is 1. The molecule has 2 aromatic rings. The van der Waals surface area contributed by atoms with Crippen LogP contribution >= 0.6 is 0 Å². The van der Waals surface area contributed by atoms with Crippen LogP contribution in [0.3, 0.4) is 0 Å². The quantitative estimate of drug-likeness (QED) is 0.876. The fourth-order valence-corrected chi connectivity index (χ4v) is 2.84. The fourth-order valence-electron chi connectivity index (χ4n) is 2.84. The highest BCUT2D eigenvalue weighted by atomic mass is 16.5. The standard InChI is InChI=1S/C19H20N2O4/c1-13(20-19(24)25-12-14-7-3-2-4-8-14)11-21-17(22)15-9-5-6-10-16(15)18(21)23/h2-10,13,17,22H,11-12H2,1H3,(H,20,24)/t13-,17?/m1/s1. The van der Waals surface area contributed by atoms with Gasteiger partial charge in [-0.05, 0) is 18.6 Å². The van der Waals surface area contributed by atoms with E-state index in [1.54, 1.807) is 31.2 Å². The Morgan fingerprint density at radius 2 is 1.88 bits per heavy atom. The summed E-state index contributed by atoms with van der Waals surface area (Å²) in [4.78, 5) is 25.6. The topological polar surface area (TPSA) is 78.9 Å². The number of benzene rings is 2. The second-order valence-electron chi connectivity index (χ2n) is 6.03. The molecule has 0 spiro atoms. The van der Waals surface area contributed by atoms with Crippen LogP contribution in [0.25, 0.3) is 0 Å². The number of amides is 2. The maximum Gasteiger partial charge on any atom is 0.407 e. The first kappa shape index (κ1) is 17.0. The maximum atomic E-state index is 12.4. The first-order valence-corrected chi connectivity index (χ1v) is 8.11. The van der Waals surface area contributed by atoms with Gasteiger partial charge in [-0.1, -0.05) is 48.5 Å². The number of hydrogen-bond acceptors (Lipinski definition) is 4. The van der Waals surface area contributed by atoms with Crippen LogP contribution in [0.5, 0.6) is 0 Å². The molecule has 25 heavy (non-hydrogen) atoms. The van der Waals surface area contributed by atoms with Crippen LogP contribution in [0.15, 0.2) is 54.6 Å². The Labute approximate surface area is 146 Å². The lowest BCUT2D eigenvalue weighted by Gasteiger charge is -2.25. The average molecular weight is 340 g/mol. The molecular weight excluding hydrogens is 320 g/mol. The number of alkyl carbamates (subject to hydrolysis) is 1. The highest BCUT2D eigenvalue weighted by Crippen LogP contribution is 2.31. The van der Waals surface area contributed by atoms with Gasteiger partial charge in [-0.2, -0.15) is 0 Å². The molecule has 2 N–H and O–H groups in total. The van der Waals surface area contributed by atoms with Gasteiger partial charge in [-0.25, -0.2) is 4.79 Å². The largest absolute Gasteiger partial charge is 0.445 e. The van der Waals surface area contributed by atoms with Crippen LogP contribution in [0.2, 0.25) is 0 Å². The van der Waals surface area contributed by atoms with Crippen molar-refractivity contribution in [1.82, 2.24) is 10.2 Å². The van der Waals surface area contributed by atoms with Crippen molar-refractivity contribution in [2.24, 2.45) is 0 Å². The Balaban J connectivity index is 1.52. The van der Waals surface area contributed by atoms with E-state index >= 15 is 0 Å². The molecule has 6 nitrogen and oxygen atoms in total. The normalized spacial score (nSPS) is 17.1. The molecule has 130 valence electrons. The zero-order valence-electron chi connectivity index (χ0n) is 13.9. The summed E-state index contributed by atoms with van der Waals surface area (Å²) in [7, 11) is 0. The molecule has 0 radical (unpaired) electrons. The molecule has 0 fully saturated rings. The summed E-state index contributed by atoms with van der Waals surface area (Å²) in [5, 5.41) is 13.0. The summed E-state index contributed by atoms with van der Waals surface area (Å²) in [6.07, 6.45) is -1.55. The minimum Gasteiger partial charge on any atom is -0.445 e. The first-order chi connectivity index (χ1) is 12.1. The number of nitrogens with one attached hydrogen (secondary N) is 1. The van der Waals surface area contributed by atoms with E-state index in [4.69, 9.17) is 4.74 Å².